The smallest absolute Gasteiger partial charge is 0.329 e. The van der Waals surface area contributed by atoms with Crippen LogP contribution in [0.15, 0.2) is 22.9 Å². The second kappa shape index (κ2) is 3.45. The maximum Gasteiger partial charge on any atom is 0.329 e. The minimum atomic E-state index is -1.67. The molecule has 10 nitrogen and oxygen atoms in total. The Kier molecular flexibility index (Phi) is 1.97. The summed E-state index contributed by atoms with van der Waals surface area (Å²) in [5.74, 6) is -1.48. The van der Waals surface area contributed by atoms with E-state index < -0.39 is 32.9 Å². The fraction of sp³-hybridized carbons (Fsp3) is 0.455. The summed E-state index contributed by atoms with van der Waals surface area (Å²) < 4.78 is 4.46. The Morgan fingerprint density at radius 2 is 2.14 bits per heavy atom. The molecular formula is C11H8N4O6. The molecule has 4 rings (SSSR count). The van der Waals surface area contributed by atoms with Gasteiger partial charge in [0.15, 0.2) is 0 Å². The van der Waals surface area contributed by atoms with Crippen LogP contribution >= 0.6 is 0 Å². The summed E-state index contributed by atoms with van der Waals surface area (Å²) in [7, 11) is 0. The van der Waals surface area contributed by atoms with E-state index in [1.165, 1.54) is 0 Å². The fourth-order valence-corrected chi connectivity index (χ4v) is 3.93. The molecule has 3 aliphatic carbocycles. The van der Waals surface area contributed by atoms with Crippen molar-refractivity contribution in [2.24, 2.45) is 11.8 Å². The molecule has 0 aromatic carbocycles. The Balaban J connectivity index is 2.07. The van der Waals surface area contributed by atoms with Crippen LogP contribution in [0.2, 0.25) is 0 Å². The van der Waals surface area contributed by atoms with E-state index in [0.717, 1.165) is 6.08 Å². The molecule has 0 spiro atoms. The Labute approximate surface area is 116 Å². The Bertz CT molecular complexity index is 752. The second-order valence-corrected chi connectivity index (χ2v) is 5.46. The Morgan fingerprint density at radius 3 is 2.81 bits per heavy atom. The predicted octanol–water partition coefficient (Wildman–Crippen LogP) is 0.244. The summed E-state index contributed by atoms with van der Waals surface area (Å²) in [6, 6.07) is 0. The lowest BCUT2D eigenvalue weighted by molar-refractivity contribution is -0.810. The van der Waals surface area contributed by atoms with Gasteiger partial charge in [-0.3, -0.25) is 24.9 Å². The van der Waals surface area contributed by atoms with Gasteiger partial charge in [0.05, 0.1) is 22.1 Å². The predicted molar refractivity (Wildman–Crippen MR) is 63.6 cm³/mol. The molecule has 0 N–H and O–H groups in total. The monoisotopic (exact) mass is 292 g/mol. The lowest BCUT2D eigenvalue weighted by Gasteiger charge is -2.31. The molecule has 0 aliphatic heterocycles. The highest BCUT2D eigenvalue weighted by Gasteiger charge is 2.71. The minimum absolute atomic E-state index is 0.0588. The molecule has 0 saturated heterocycles. The van der Waals surface area contributed by atoms with Gasteiger partial charge in [-0.1, -0.05) is 12.2 Å². The first-order valence-corrected chi connectivity index (χ1v) is 6.27. The van der Waals surface area contributed by atoms with Crippen molar-refractivity contribution < 1.29 is 19.4 Å². The van der Waals surface area contributed by atoms with Crippen LogP contribution in [-0.2, 0) is 0 Å². The topological polar surface area (TPSA) is 139 Å². The van der Waals surface area contributed by atoms with Gasteiger partial charge in [0.25, 0.3) is 5.54 Å². The van der Waals surface area contributed by atoms with Crippen molar-refractivity contribution >= 4 is 5.70 Å². The van der Waals surface area contributed by atoms with Crippen molar-refractivity contribution in [2.75, 3.05) is 0 Å². The van der Waals surface area contributed by atoms with Crippen LogP contribution in [0.4, 0.5) is 0 Å². The third kappa shape index (κ3) is 1.18. The van der Waals surface area contributed by atoms with Gasteiger partial charge >= 0.3 is 11.4 Å². The van der Waals surface area contributed by atoms with E-state index in [9.17, 15) is 25.4 Å². The molecular weight excluding hydrogens is 284 g/mol. The number of hydrogen-bond acceptors (Lipinski definition) is 7. The maximum atomic E-state index is 11.8. The average Bonchev–Trinajstić information content (AvgIpc) is 3.11. The number of allylic oxidation sites excluding steroid dienone is 1. The molecule has 1 aromatic rings. The standard InChI is InChI=1S/C11H8N4O6/c16-13(17)7-4-11(15(19)20)6-2-1-5(3-6)8(11)10-9(7)12-21-14(10)18/h1-2,4-6,8H,3H2/t5-,6+,8-,11+/m0/s1. The molecule has 2 bridgehead atoms. The van der Waals surface area contributed by atoms with Crippen molar-refractivity contribution in [3.05, 3.63) is 55.1 Å². The van der Waals surface area contributed by atoms with Crippen molar-refractivity contribution in [1.82, 2.24) is 5.16 Å². The van der Waals surface area contributed by atoms with Gasteiger partial charge < -0.3 is 5.21 Å². The molecule has 0 unspecified atom stereocenters. The molecule has 1 heterocycles. The highest BCUT2D eigenvalue weighted by molar-refractivity contribution is 5.63. The van der Waals surface area contributed by atoms with Gasteiger partial charge in [0.2, 0.25) is 5.69 Å². The normalized spacial score (nSPS) is 35.2. The Hall–Kier alpha value is -2.78. The first kappa shape index (κ1) is 12.0. The number of nitro groups is 2. The molecule has 0 amide bonds. The zero-order valence-electron chi connectivity index (χ0n) is 10.4. The maximum absolute atomic E-state index is 11.8. The van der Waals surface area contributed by atoms with E-state index in [2.05, 4.69) is 9.79 Å². The summed E-state index contributed by atoms with van der Waals surface area (Å²) in [4.78, 5) is 21.7. The molecule has 0 radical (unpaired) electrons. The molecule has 21 heavy (non-hydrogen) atoms. The van der Waals surface area contributed by atoms with Crippen LogP contribution in [0, 0.1) is 37.3 Å². The summed E-state index contributed by atoms with van der Waals surface area (Å²) in [6.45, 7) is 0. The van der Waals surface area contributed by atoms with E-state index in [1.54, 1.807) is 6.08 Å². The Morgan fingerprint density at radius 1 is 1.38 bits per heavy atom. The van der Waals surface area contributed by atoms with Gasteiger partial charge in [-0.05, 0) is 17.2 Å². The number of aromatic nitrogens is 2. The van der Waals surface area contributed by atoms with Gasteiger partial charge in [-0.15, -0.1) is 0 Å². The molecule has 108 valence electrons. The van der Waals surface area contributed by atoms with Gasteiger partial charge in [0, 0.05) is 4.92 Å². The number of fused-ring (bicyclic) bond motifs is 7. The van der Waals surface area contributed by atoms with Gasteiger partial charge in [0.1, 0.15) is 5.92 Å². The molecule has 4 atom stereocenters. The van der Waals surface area contributed by atoms with E-state index >= 15 is 0 Å². The highest BCUT2D eigenvalue weighted by Crippen LogP contribution is 2.60. The summed E-state index contributed by atoms with van der Waals surface area (Å²) in [6.07, 6.45) is 5.04. The number of nitrogens with zero attached hydrogens (tertiary/aromatic N) is 4. The van der Waals surface area contributed by atoms with Crippen molar-refractivity contribution in [3.63, 3.8) is 0 Å². The largest absolute Gasteiger partial charge is 0.359 e. The van der Waals surface area contributed by atoms with E-state index in [1.807, 2.05) is 6.08 Å². The summed E-state index contributed by atoms with van der Waals surface area (Å²) in [5, 5.41) is 38.1. The van der Waals surface area contributed by atoms with E-state index in [4.69, 9.17) is 0 Å². The zero-order valence-corrected chi connectivity index (χ0v) is 10.4. The van der Waals surface area contributed by atoms with Crippen molar-refractivity contribution in [2.45, 2.75) is 17.9 Å². The van der Waals surface area contributed by atoms with Crippen molar-refractivity contribution in [1.29, 1.82) is 0 Å². The van der Waals surface area contributed by atoms with Crippen LogP contribution in [0.3, 0.4) is 0 Å². The molecule has 10 heteroatoms. The fourth-order valence-electron chi connectivity index (χ4n) is 3.93. The molecule has 1 fully saturated rings. The van der Waals surface area contributed by atoms with Gasteiger partial charge in [-0.2, -0.15) is 0 Å². The number of rotatable bonds is 2. The van der Waals surface area contributed by atoms with E-state index in [0.29, 0.717) is 6.42 Å². The van der Waals surface area contributed by atoms with Crippen LogP contribution in [-0.4, -0.2) is 20.5 Å². The average molecular weight is 292 g/mol. The summed E-state index contributed by atoms with van der Waals surface area (Å²) >= 11 is 0. The van der Waals surface area contributed by atoms with E-state index in [-0.39, 0.29) is 22.2 Å². The molecule has 1 aromatic heterocycles. The zero-order chi connectivity index (χ0) is 14.9. The highest BCUT2D eigenvalue weighted by atomic mass is 16.8. The van der Waals surface area contributed by atoms with Crippen molar-refractivity contribution in [3.8, 4) is 0 Å². The van der Waals surface area contributed by atoms with Gasteiger partial charge in [-0.25, -0.2) is 0 Å². The SMILES string of the molecule is O=[N+]([O-])C1=C[C@@]2([N+](=O)[O-])[C@@H]3C=C[C@@H](C3)[C@H]2c2c1no[n+]2[O-]. The number of hydrogen-bond donors (Lipinski definition) is 0. The minimum Gasteiger partial charge on any atom is -0.359 e. The second-order valence-electron chi connectivity index (χ2n) is 5.46. The van der Waals surface area contributed by atoms with Crippen LogP contribution in [0.1, 0.15) is 23.7 Å². The third-order valence-corrected chi connectivity index (χ3v) is 4.70. The lowest BCUT2D eigenvalue weighted by atomic mass is 9.70. The molecule has 3 aliphatic rings. The lowest BCUT2D eigenvalue weighted by Crippen LogP contribution is -2.51. The van der Waals surface area contributed by atoms with Crippen LogP contribution < -0.4 is 4.90 Å². The first-order chi connectivity index (χ1) is 9.96. The summed E-state index contributed by atoms with van der Waals surface area (Å²) in [5.41, 5.74) is -2.54. The van der Waals surface area contributed by atoms with Crippen LogP contribution in [0.25, 0.3) is 5.70 Å². The third-order valence-electron chi connectivity index (χ3n) is 4.70. The van der Waals surface area contributed by atoms with Crippen LogP contribution in [0.5, 0.6) is 0 Å². The first-order valence-electron chi connectivity index (χ1n) is 6.27. The molecule has 1 saturated carbocycles. The quantitative estimate of drug-likeness (QED) is 0.329.